The van der Waals surface area contributed by atoms with Crippen molar-refractivity contribution in [2.75, 3.05) is 30.8 Å². The van der Waals surface area contributed by atoms with Gasteiger partial charge in [0.1, 0.15) is 18.3 Å². The van der Waals surface area contributed by atoms with Gasteiger partial charge in [0, 0.05) is 18.7 Å². The Kier molecular flexibility index (Phi) is 10.7. The molecule has 0 saturated heterocycles. The van der Waals surface area contributed by atoms with Gasteiger partial charge in [0.15, 0.2) is 5.78 Å². The first-order valence-corrected chi connectivity index (χ1v) is 14.0. The number of Topliss-reactive ketones (excluding diaryl/α,β-unsaturated/α-hetero) is 1. The van der Waals surface area contributed by atoms with Gasteiger partial charge >= 0.3 is 0 Å². The molecule has 0 radical (unpaired) electrons. The fourth-order valence-corrected chi connectivity index (χ4v) is 4.60. The minimum atomic E-state index is -3.89. The predicted molar refractivity (Wildman–Crippen MR) is 144 cm³/mol. The highest BCUT2D eigenvalue weighted by Crippen LogP contribution is 2.22. The number of amides is 2. The number of carbonyl (C=O) groups excluding carboxylic acids is 3. The van der Waals surface area contributed by atoms with E-state index in [4.69, 9.17) is 4.74 Å². The molecule has 0 aromatic heterocycles. The van der Waals surface area contributed by atoms with Crippen molar-refractivity contribution >= 4 is 33.3 Å². The SMILES string of the molecule is CC[C@@H](C(=O)NCC(C)C)N(Cc1ccc(OC)cc1)C(=O)CN(c1cccc(C(C)=O)c1)S(C)(=O)=O. The van der Waals surface area contributed by atoms with Crippen LogP contribution < -0.4 is 14.4 Å². The van der Waals surface area contributed by atoms with Crippen LogP contribution >= 0.6 is 0 Å². The second-order valence-electron chi connectivity index (χ2n) is 9.31. The third-order valence-corrected chi connectivity index (χ3v) is 6.94. The molecular formula is C27H37N3O6S. The van der Waals surface area contributed by atoms with Crippen LogP contribution in [0.3, 0.4) is 0 Å². The van der Waals surface area contributed by atoms with Gasteiger partial charge in [0.25, 0.3) is 0 Å². The third kappa shape index (κ3) is 8.59. The number of methoxy groups -OCH3 is 1. The summed E-state index contributed by atoms with van der Waals surface area (Å²) in [6, 6.07) is 12.4. The highest BCUT2D eigenvalue weighted by atomic mass is 32.2. The Morgan fingerprint density at radius 1 is 1.05 bits per heavy atom. The van der Waals surface area contributed by atoms with Crippen LogP contribution in [0.4, 0.5) is 5.69 Å². The molecule has 2 aromatic carbocycles. The lowest BCUT2D eigenvalue weighted by Crippen LogP contribution is -2.52. The zero-order valence-electron chi connectivity index (χ0n) is 22.4. The van der Waals surface area contributed by atoms with Crippen molar-refractivity contribution in [3.63, 3.8) is 0 Å². The second-order valence-corrected chi connectivity index (χ2v) is 11.2. The number of rotatable bonds is 13. The summed E-state index contributed by atoms with van der Waals surface area (Å²) in [5.74, 6) is -0.197. The zero-order valence-corrected chi connectivity index (χ0v) is 23.2. The standard InChI is InChI=1S/C27H37N3O6S/c1-7-25(27(33)28-16-19(2)3)29(17-21-11-13-24(36-5)14-12-21)26(32)18-30(37(6,34)35)23-10-8-9-22(15-23)20(4)31/h8-15,19,25H,7,16-18H2,1-6H3,(H,28,33)/t25-/m0/s1. The van der Waals surface area contributed by atoms with Gasteiger partial charge in [-0.15, -0.1) is 0 Å². The van der Waals surface area contributed by atoms with Crippen molar-refractivity contribution < 1.29 is 27.5 Å². The molecule has 1 N–H and O–H groups in total. The molecule has 2 rings (SSSR count). The van der Waals surface area contributed by atoms with Gasteiger partial charge in [-0.05, 0) is 49.1 Å². The predicted octanol–water partition coefficient (Wildman–Crippen LogP) is 3.24. The quantitative estimate of drug-likeness (QED) is 0.397. The molecule has 0 bridgehead atoms. The number of ketones is 1. The summed E-state index contributed by atoms with van der Waals surface area (Å²) in [6.07, 6.45) is 1.34. The van der Waals surface area contributed by atoms with Crippen LogP contribution in [0.2, 0.25) is 0 Å². The number of anilines is 1. The van der Waals surface area contributed by atoms with Crippen LogP contribution in [-0.2, 0) is 26.2 Å². The Hall–Kier alpha value is -3.40. The fraction of sp³-hybridized carbons (Fsp3) is 0.444. The van der Waals surface area contributed by atoms with Crippen molar-refractivity contribution in [1.29, 1.82) is 0 Å². The molecule has 202 valence electrons. The number of sulfonamides is 1. The van der Waals surface area contributed by atoms with Crippen molar-refractivity contribution in [3.05, 3.63) is 59.7 Å². The Balaban J connectivity index is 2.45. The smallest absolute Gasteiger partial charge is 0.244 e. The monoisotopic (exact) mass is 531 g/mol. The van der Waals surface area contributed by atoms with Crippen LogP contribution in [0.1, 0.15) is 50.0 Å². The van der Waals surface area contributed by atoms with Gasteiger partial charge < -0.3 is 15.0 Å². The summed E-state index contributed by atoms with van der Waals surface area (Å²) in [6.45, 7) is 7.16. The summed E-state index contributed by atoms with van der Waals surface area (Å²) in [4.78, 5) is 40.1. The Labute approximate surface area is 219 Å². The molecule has 0 saturated carbocycles. The lowest BCUT2D eigenvalue weighted by Gasteiger charge is -2.33. The van der Waals surface area contributed by atoms with E-state index in [2.05, 4.69) is 5.32 Å². The molecular weight excluding hydrogens is 494 g/mol. The molecule has 2 amide bonds. The third-order valence-electron chi connectivity index (χ3n) is 5.80. The number of hydrogen-bond donors (Lipinski definition) is 1. The van der Waals surface area contributed by atoms with Crippen LogP contribution in [-0.4, -0.2) is 63.4 Å². The van der Waals surface area contributed by atoms with Gasteiger partial charge in [-0.3, -0.25) is 18.7 Å². The van der Waals surface area contributed by atoms with Gasteiger partial charge in [-0.2, -0.15) is 0 Å². The van der Waals surface area contributed by atoms with Gasteiger partial charge in [-0.25, -0.2) is 8.42 Å². The largest absolute Gasteiger partial charge is 0.497 e. The average Bonchev–Trinajstić information content (AvgIpc) is 2.85. The number of hydrogen-bond acceptors (Lipinski definition) is 6. The first-order valence-electron chi connectivity index (χ1n) is 12.2. The van der Waals surface area contributed by atoms with Crippen molar-refractivity contribution in [1.82, 2.24) is 10.2 Å². The van der Waals surface area contributed by atoms with Crippen molar-refractivity contribution in [2.24, 2.45) is 5.92 Å². The van der Waals surface area contributed by atoms with Gasteiger partial charge in [0.05, 0.1) is 19.1 Å². The Morgan fingerprint density at radius 3 is 2.22 bits per heavy atom. The number of nitrogens with one attached hydrogen (secondary N) is 1. The number of benzene rings is 2. The maximum absolute atomic E-state index is 13.7. The molecule has 0 fully saturated rings. The van der Waals surface area contributed by atoms with E-state index in [9.17, 15) is 22.8 Å². The van der Waals surface area contributed by atoms with E-state index in [1.54, 1.807) is 50.4 Å². The Bertz CT molecular complexity index is 1190. The van der Waals surface area contributed by atoms with E-state index in [1.807, 2.05) is 13.8 Å². The lowest BCUT2D eigenvalue weighted by molar-refractivity contribution is -0.140. The van der Waals surface area contributed by atoms with Crippen LogP contribution in [0, 0.1) is 5.92 Å². The molecule has 37 heavy (non-hydrogen) atoms. The maximum atomic E-state index is 13.7. The zero-order chi connectivity index (χ0) is 27.8. The summed E-state index contributed by atoms with van der Waals surface area (Å²) in [5, 5.41) is 2.89. The van der Waals surface area contributed by atoms with Crippen LogP contribution in [0.5, 0.6) is 5.75 Å². The number of nitrogens with zero attached hydrogens (tertiary/aromatic N) is 2. The van der Waals surface area contributed by atoms with E-state index in [1.165, 1.54) is 24.0 Å². The van der Waals surface area contributed by atoms with Gasteiger partial charge in [0.2, 0.25) is 21.8 Å². The fourth-order valence-electron chi connectivity index (χ4n) is 3.76. The number of carbonyl (C=O) groups is 3. The molecule has 0 aliphatic rings. The van der Waals surface area contributed by atoms with E-state index >= 15 is 0 Å². The molecule has 0 aliphatic carbocycles. The molecule has 2 aromatic rings. The van der Waals surface area contributed by atoms with E-state index in [0.717, 1.165) is 16.1 Å². The van der Waals surface area contributed by atoms with E-state index in [-0.39, 0.29) is 29.8 Å². The maximum Gasteiger partial charge on any atom is 0.244 e. The summed E-state index contributed by atoms with van der Waals surface area (Å²) >= 11 is 0. The van der Waals surface area contributed by atoms with Crippen molar-refractivity contribution in [3.8, 4) is 5.75 Å². The molecule has 9 nitrogen and oxygen atoms in total. The summed E-state index contributed by atoms with van der Waals surface area (Å²) < 4.78 is 31.6. The van der Waals surface area contributed by atoms with Crippen LogP contribution in [0.15, 0.2) is 48.5 Å². The molecule has 0 aliphatic heterocycles. The van der Waals surface area contributed by atoms with E-state index < -0.39 is 28.5 Å². The van der Waals surface area contributed by atoms with Gasteiger partial charge in [-0.1, -0.05) is 45.0 Å². The Morgan fingerprint density at radius 2 is 1.70 bits per heavy atom. The average molecular weight is 532 g/mol. The minimum Gasteiger partial charge on any atom is -0.497 e. The second kappa shape index (κ2) is 13.2. The highest BCUT2D eigenvalue weighted by Gasteiger charge is 2.31. The number of ether oxygens (including phenoxy) is 1. The summed E-state index contributed by atoms with van der Waals surface area (Å²) in [5.41, 5.74) is 1.28. The minimum absolute atomic E-state index is 0.0987. The van der Waals surface area contributed by atoms with E-state index in [0.29, 0.717) is 24.3 Å². The molecule has 0 heterocycles. The van der Waals surface area contributed by atoms with Crippen LogP contribution in [0.25, 0.3) is 0 Å². The molecule has 1 atom stereocenters. The molecule has 0 spiro atoms. The van der Waals surface area contributed by atoms with Crippen molar-refractivity contribution in [2.45, 2.75) is 46.7 Å². The first-order chi connectivity index (χ1) is 17.4. The topological polar surface area (TPSA) is 113 Å². The molecule has 10 heteroatoms. The summed E-state index contributed by atoms with van der Waals surface area (Å²) in [7, 11) is -2.33. The molecule has 0 unspecified atom stereocenters. The highest BCUT2D eigenvalue weighted by molar-refractivity contribution is 7.92. The normalized spacial score (nSPS) is 12.1. The lowest BCUT2D eigenvalue weighted by atomic mass is 10.1. The first kappa shape index (κ1) is 29.8.